The van der Waals surface area contributed by atoms with Crippen molar-refractivity contribution in [2.75, 3.05) is 0 Å². The molecule has 1 aromatic rings. The zero-order chi connectivity index (χ0) is 23.4. The highest BCUT2D eigenvalue weighted by atomic mass is 16.7. The third-order valence-electron chi connectivity index (χ3n) is 7.99. The van der Waals surface area contributed by atoms with Crippen molar-refractivity contribution in [1.82, 2.24) is 0 Å². The molecule has 2 heterocycles. The van der Waals surface area contributed by atoms with Crippen molar-refractivity contribution in [1.29, 1.82) is 0 Å². The van der Waals surface area contributed by atoms with E-state index in [1.54, 1.807) is 0 Å². The fourth-order valence-corrected chi connectivity index (χ4v) is 4.49. The molecule has 1 aliphatic carbocycles. The van der Waals surface area contributed by atoms with E-state index in [1.165, 1.54) is 18.4 Å². The van der Waals surface area contributed by atoms with Crippen molar-refractivity contribution < 1.29 is 18.6 Å². The Hall–Kier alpha value is -1.33. The van der Waals surface area contributed by atoms with E-state index in [-0.39, 0.29) is 0 Å². The second kappa shape index (κ2) is 8.16. The summed E-state index contributed by atoms with van der Waals surface area (Å²) in [6, 6.07) is 10.4. The van der Waals surface area contributed by atoms with Crippen molar-refractivity contribution in [2.24, 2.45) is 0 Å². The predicted octanol–water partition coefficient (Wildman–Crippen LogP) is 6.20. The normalized spacial score (nSPS) is 26.7. The summed E-state index contributed by atoms with van der Waals surface area (Å²) in [5.41, 5.74) is 2.78. The molecular formula is C26H38B2O4. The van der Waals surface area contributed by atoms with Crippen LogP contribution in [-0.4, -0.2) is 36.6 Å². The van der Waals surface area contributed by atoms with Gasteiger partial charge in [0.15, 0.2) is 0 Å². The van der Waals surface area contributed by atoms with Gasteiger partial charge in [0, 0.05) is 0 Å². The molecule has 4 nitrogen and oxygen atoms in total. The van der Waals surface area contributed by atoms with E-state index in [0.717, 1.165) is 29.4 Å². The minimum atomic E-state index is -0.501. The first-order valence-electron chi connectivity index (χ1n) is 12.0. The number of benzene rings is 1. The molecule has 0 atom stereocenters. The van der Waals surface area contributed by atoms with Gasteiger partial charge < -0.3 is 18.6 Å². The molecular weight excluding hydrogens is 398 g/mol. The SMILES string of the molecule is CC1(C)OB(/C(C2=CCCCC2)=C(\B2OC(C)(C)C(C)(C)O2)c2ccccc2)OC1(C)C. The maximum atomic E-state index is 6.61. The van der Waals surface area contributed by atoms with Crippen LogP contribution >= 0.6 is 0 Å². The Balaban J connectivity index is 1.92. The van der Waals surface area contributed by atoms with Gasteiger partial charge in [-0.05, 0) is 97.6 Å². The largest absolute Gasteiger partial charge is 0.495 e. The number of hydrogen-bond acceptors (Lipinski definition) is 4. The van der Waals surface area contributed by atoms with Crippen LogP contribution in [0.25, 0.3) is 5.47 Å². The summed E-state index contributed by atoms with van der Waals surface area (Å²) < 4.78 is 26.4. The molecule has 0 spiro atoms. The first-order valence-corrected chi connectivity index (χ1v) is 12.0. The zero-order valence-electron chi connectivity index (χ0n) is 21.1. The average molecular weight is 436 g/mol. The van der Waals surface area contributed by atoms with Crippen LogP contribution < -0.4 is 0 Å². The smallest absolute Gasteiger partial charge is 0.399 e. The lowest BCUT2D eigenvalue weighted by molar-refractivity contribution is 0.00578. The van der Waals surface area contributed by atoms with Crippen molar-refractivity contribution in [3.63, 3.8) is 0 Å². The molecule has 6 heteroatoms. The summed E-state index contributed by atoms with van der Waals surface area (Å²) in [6.07, 6.45) is 6.83. The fraction of sp³-hybridized carbons (Fsp3) is 0.615. The van der Waals surface area contributed by atoms with Gasteiger partial charge in [-0.2, -0.15) is 0 Å². The third kappa shape index (κ3) is 4.16. The molecule has 172 valence electrons. The predicted molar refractivity (Wildman–Crippen MR) is 132 cm³/mol. The average Bonchev–Trinajstić information content (AvgIpc) is 3.06. The van der Waals surface area contributed by atoms with Crippen LogP contribution in [0.5, 0.6) is 0 Å². The van der Waals surface area contributed by atoms with Crippen LogP contribution in [0.1, 0.15) is 86.6 Å². The Labute approximate surface area is 195 Å². The van der Waals surface area contributed by atoms with Crippen LogP contribution in [0.3, 0.4) is 0 Å². The Morgan fingerprint density at radius 1 is 0.656 bits per heavy atom. The quantitative estimate of drug-likeness (QED) is 0.527. The fourth-order valence-electron chi connectivity index (χ4n) is 4.49. The minimum absolute atomic E-state index is 0.421. The molecule has 0 bridgehead atoms. The highest BCUT2D eigenvalue weighted by molar-refractivity contribution is 6.74. The van der Waals surface area contributed by atoms with Crippen molar-refractivity contribution in [3.05, 3.63) is 53.0 Å². The molecule has 0 N–H and O–H groups in total. The summed E-state index contributed by atoms with van der Waals surface area (Å²) in [6.45, 7) is 16.8. The highest BCUT2D eigenvalue weighted by Crippen LogP contribution is 2.46. The van der Waals surface area contributed by atoms with E-state index in [0.29, 0.717) is 0 Å². The molecule has 0 unspecified atom stereocenters. The minimum Gasteiger partial charge on any atom is -0.399 e. The number of hydrogen-bond donors (Lipinski definition) is 0. The second-order valence-electron chi connectivity index (χ2n) is 11.3. The van der Waals surface area contributed by atoms with E-state index in [1.807, 2.05) is 6.07 Å². The van der Waals surface area contributed by atoms with Gasteiger partial charge in [-0.25, -0.2) is 0 Å². The molecule has 3 aliphatic rings. The lowest BCUT2D eigenvalue weighted by atomic mass is 9.59. The van der Waals surface area contributed by atoms with Gasteiger partial charge in [0.25, 0.3) is 0 Å². The van der Waals surface area contributed by atoms with Gasteiger partial charge >= 0.3 is 14.2 Å². The molecule has 0 amide bonds. The molecule has 4 rings (SSSR count). The van der Waals surface area contributed by atoms with Crippen LogP contribution in [0.4, 0.5) is 0 Å². The molecule has 0 saturated carbocycles. The monoisotopic (exact) mass is 436 g/mol. The summed E-state index contributed by atoms with van der Waals surface area (Å²) >= 11 is 0. The summed E-state index contributed by atoms with van der Waals surface area (Å²) in [5, 5.41) is 0. The van der Waals surface area contributed by atoms with E-state index >= 15 is 0 Å². The maximum Gasteiger partial charge on any atom is 0.495 e. The molecule has 32 heavy (non-hydrogen) atoms. The third-order valence-corrected chi connectivity index (χ3v) is 7.99. The Bertz CT molecular complexity index is 883. The highest BCUT2D eigenvalue weighted by Gasteiger charge is 2.57. The van der Waals surface area contributed by atoms with E-state index in [4.69, 9.17) is 18.6 Å². The van der Waals surface area contributed by atoms with Gasteiger partial charge in [-0.15, -0.1) is 0 Å². The Morgan fingerprint density at radius 2 is 1.12 bits per heavy atom. The van der Waals surface area contributed by atoms with Crippen molar-refractivity contribution in [2.45, 2.75) is 103 Å². The van der Waals surface area contributed by atoms with Gasteiger partial charge in [-0.1, -0.05) is 42.0 Å². The standard InChI is InChI=1S/C26H38B2O4/c1-23(2)24(3,4)30-27(29-23)21(19-15-11-9-12-16-19)22(20-17-13-10-14-18-20)28-31-25(5,6)26(7,8)32-28/h9,11-12,15-17H,10,13-14,18H2,1-8H3/b22-21-. The van der Waals surface area contributed by atoms with Crippen LogP contribution in [0.15, 0.2) is 47.5 Å². The second-order valence-corrected chi connectivity index (χ2v) is 11.3. The summed E-state index contributed by atoms with van der Waals surface area (Å²) in [4.78, 5) is 0. The lowest BCUT2D eigenvalue weighted by Gasteiger charge is -2.32. The van der Waals surface area contributed by atoms with E-state index in [9.17, 15) is 0 Å². The maximum absolute atomic E-state index is 6.61. The van der Waals surface area contributed by atoms with Gasteiger partial charge in [0.2, 0.25) is 0 Å². The van der Waals surface area contributed by atoms with Crippen LogP contribution in [0, 0.1) is 0 Å². The van der Waals surface area contributed by atoms with Gasteiger partial charge in [0.05, 0.1) is 22.4 Å². The number of allylic oxidation sites excluding steroid dienone is 3. The Morgan fingerprint density at radius 3 is 1.56 bits per heavy atom. The van der Waals surface area contributed by atoms with Gasteiger partial charge in [-0.3, -0.25) is 0 Å². The lowest BCUT2D eigenvalue weighted by Crippen LogP contribution is -2.41. The van der Waals surface area contributed by atoms with Gasteiger partial charge in [0.1, 0.15) is 0 Å². The first kappa shape index (κ1) is 23.8. The zero-order valence-corrected chi connectivity index (χ0v) is 21.1. The molecule has 2 fully saturated rings. The van der Waals surface area contributed by atoms with Crippen molar-refractivity contribution in [3.8, 4) is 0 Å². The molecule has 2 saturated heterocycles. The Kier molecular flexibility index (Phi) is 6.07. The van der Waals surface area contributed by atoms with E-state index in [2.05, 4.69) is 85.7 Å². The van der Waals surface area contributed by atoms with Crippen LogP contribution in [-0.2, 0) is 18.6 Å². The molecule has 2 aliphatic heterocycles. The van der Waals surface area contributed by atoms with Crippen molar-refractivity contribution >= 4 is 19.7 Å². The topological polar surface area (TPSA) is 36.9 Å². The summed E-state index contributed by atoms with van der Waals surface area (Å²) in [5.74, 6) is 0. The van der Waals surface area contributed by atoms with Crippen LogP contribution in [0.2, 0.25) is 0 Å². The first-order chi connectivity index (χ1) is 14.8. The molecule has 0 radical (unpaired) electrons. The summed E-state index contributed by atoms with van der Waals surface area (Å²) in [7, 11) is -0.974. The molecule has 1 aromatic carbocycles. The molecule has 0 aromatic heterocycles. The van der Waals surface area contributed by atoms with E-state index < -0.39 is 36.6 Å². The number of rotatable bonds is 4.